The van der Waals surface area contributed by atoms with E-state index < -0.39 is 0 Å². The van der Waals surface area contributed by atoms with Crippen LogP contribution in [0.2, 0.25) is 5.02 Å². The molecular formula is C20H21ClN2O4S. The molecule has 2 amide bonds. The standard InChI is InChI=1S/C20H21ClN2O4S/c1-3-27-10-5-9-23-19(24)17(16-6-4-11-28-16)18(20(23)25)22-13-7-8-15(26-2)14(21)12-13/h4,6-8,11-12,22H,3,5,9-10H2,1-2H3. The molecule has 1 aromatic carbocycles. The Morgan fingerprint density at radius 2 is 2.04 bits per heavy atom. The van der Waals surface area contributed by atoms with E-state index in [9.17, 15) is 9.59 Å². The Morgan fingerprint density at radius 1 is 1.21 bits per heavy atom. The van der Waals surface area contributed by atoms with Gasteiger partial charge in [-0.25, -0.2) is 0 Å². The first-order chi connectivity index (χ1) is 13.6. The van der Waals surface area contributed by atoms with Crippen LogP contribution in [0.5, 0.6) is 5.75 Å². The Hall–Kier alpha value is -2.35. The number of carbonyl (C=O) groups excluding carboxylic acids is 2. The highest BCUT2D eigenvalue weighted by Gasteiger charge is 2.39. The largest absolute Gasteiger partial charge is 0.495 e. The van der Waals surface area contributed by atoms with Crippen LogP contribution in [0, 0.1) is 0 Å². The van der Waals surface area contributed by atoms with E-state index in [1.165, 1.54) is 23.3 Å². The highest BCUT2D eigenvalue weighted by Crippen LogP contribution is 2.34. The van der Waals surface area contributed by atoms with Gasteiger partial charge in [0, 0.05) is 30.3 Å². The summed E-state index contributed by atoms with van der Waals surface area (Å²) in [5.74, 6) is -0.117. The van der Waals surface area contributed by atoms with Gasteiger partial charge in [0.15, 0.2) is 0 Å². The first-order valence-electron chi connectivity index (χ1n) is 8.89. The zero-order valence-corrected chi connectivity index (χ0v) is 17.2. The number of nitrogens with zero attached hydrogens (tertiary/aromatic N) is 1. The van der Waals surface area contributed by atoms with Crippen LogP contribution in [0.25, 0.3) is 5.57 Å². The number of imide groups is 1. The molecule has 3 rings (SSSR count). The molecule has 0 fully saturated rings. The van der Waals surface area contributed by atoms with E-state index in [1.54, 1.807) is 18.2 Å². The molecule has 0 radical (unpaired) electrons. The summed E-state index contributed by atoms with van der Waals surface area (Å²) in [4.78, 5) is 28.0. The van der Waals surface area contributed by atoms with Crippen LogP contribution in [0.4, 0.5) is 5.69 Å². The SMILES string of the molecule is CCOCCCN1C(=O)C(Nc2ccc(OC)c(Cl)c2)=C(c2cccs2)C1=O. The van der Waals surface area contributed by atoms with Gasteiger partial charge in [-0.1, -0.05) is 17.7 Å². The van der Waals surface area contributed by atoms with E-state index in [0.29, 0.717) is 48.2 Å². The molecule has 1 aromatic heterocycles. The average Bonchev–Trinajstić information content (AvgIpc) is 3.28. The molecular weight excluding hydrogens is 400 g/mol. The number of nitrogens with one attached hydrogen (secondary N) is 1. The number of anilines is 1. The number of halogens is 1. The third kappa shape index (κ3) is 4.22. The van der Waals surface area contributed by atoms with Gasteiger partial charge >= 0.3 is 0 Å². The lowest BCUT2D eigenvalue weighted by Gasteiger charge is -2.15. The van der Waals surface area contributed by atoms with Gasteiger partial charge in [-0.15, -0.1) is 11.3 Å². The van der Waals surface area contributed by atoms with Crippen molar-refractivity contribution in [3.63, 3.8) is 0 Å². The molecule has 0 saturated heterocycles. The first kappa shape index (κ1) is 20.4. The van der Waals surface area contributed by atoms with Crippen LogP contribution in [-0.2, 0) is 14.3 Å². The molecule has 0 bridgehead atoms. The number of hydrogen-bond acceptors (Lipinski definition) is 6. The van der Waals surface area contributed by atoms with Gasteiger partial charge in [0.25, 0.3) is 11.8 Å². The lowest BCUT2D eigenvalue weighted by molar-refractivity contribution is -0.137. The van der Waals surface area contributed by atoms with E-state index in [0.717, 1.165) is 4.88 Å². The summed E-state index contributed by atoms with van der Waals surface area (Å²) >= 11 is 7.60. The minimum atomic E-state index is -0.350. The second kappa shape index (κ2) is 9.23. The molecule has 6 nitrogen and oxygen atoms in total. The lowest BCUT2D eigenvalue weighted by Crippen LogP contribution is -2.33. The van der Waals surface area contributed by atoms with Crippen LogP contribution in [-0.4, -0.2) is 43.6 Å². The maximum Gasteiger partial charge on any atom is 0.278 e. The number of thiophene rings is 1. The van der Waals surface area contributed by atoms with Gasteiger partial charge in [-0.05, 0) is 43.0 Å². The van der Waals surface area contributed by atoms with E-state index in [2.05, 4.69) is 5.32 Å². The molecule has 2 aromatic rings. The highest BCUT2D eigenvalue weighted by molar-refractivity contribution is 7.11. The van der Waals surface area contributed by atoms with Crippen LogP contribution >= 0.6 is 22.9 Å². The molecule has 1 aliphatic heterocycles. The van der Waals surface area contributed by atoms with Gasteiger partial charge in [-0.2, -0.15) is 0 Å². The molecule has 8 heteroatoms. The highest BCUT2D eigenvalue weighted by atomic mass is 35.5. The van der Waals surface area contributed by atoms with Crippen molar-refractivity contribution in [2.24, 2.45) is 0 Å². The zero-order chi connectivity index (χ0) is 20.1. The Bertz CT molecular complexity index is 896. The number of carbonyl (C=O) groups is 2. The van der Waals surface area contributed by atoms with E-state index >= 15 is 0 Å². The van der Waals surface area contributed by atoms with Crippen LogP contribution < -0.4 is 10.1 Å². The maximum atomic E-state index is 13.0. The topological polar surface area (TPSA) is 67.9 Å². The number of ether oxygens (including phenoxy) is 2. The van der Waals surface area contributed by atoms with E-state index in [1.807, 2.05) is 24.4 Å². The predicted molar refractivity (Wildman–Crippen MR) is 111 cm³/mol. The minimum Gasteiger partial charge on any atom is -0.495 e. The van der Waals surface area contributed by atoms with Crippen LogP contribution in [0.1, 0.15) is 18.2 Å². The summed E-state index contributed by atoms with van der Waals surface area (Å²) < 4.78 is 10.5. The van der Waals surface area contributed by atoms with Crippen molar-refractivity contribution in [1.29, 1.82) is 0 Å². The van der Waals surface area contributed by atoms with Gasteiger partial charge < -0.3 is 14.8 Å². The lowest BCUT2D eigenvalue weighted by atomic mass is 10.2. The molecule has 0 aliphatic carbocycles. The summed E-state index contributed by atoms with van der Waals surface area (Å²) in [5.41, 5.74) is 1.24. The van der Waals surface area contributed by atoms with Crippen LogP contribution in [0.15, 0.2) is 41.4 Å². The van der Waals surface area contributed by atoms with E-state index in [-0.39, 0.29) is 17.5 Å². The Kier molecular flexibility index (Phi) is 6.72. The minimum absolute atomic E-state index is 0.255. The second-order valence-electron chi connectivity index (χ2n) is 6.01. The molecule has 0 spiro atoms. The Balaban J connectivity index is 1.89. The number of hydrogen-bond donors (Lipinski definition) is 1. The van der Waals surface area contributed by atoms with Crippen molar-refractivity contribution < 1.29 is 19.1 Å². The summed E-state index contributed by atoms with van der Waals surface area (Å²) in [5, 5.41) is 5.37. The summed E-state index contributed by atoms with van der Waals surface area (Å²) in [6, 6.07) is 8.80. The van der Waals surface area contributed by atoms with Crippen molar-refractivity contribution in [3.05, 3.63) is 51.3 Å². The number of methoxy groups -OCH3 is 1. The monoisotopic (exact) mass is 420 g/mol. The normalized spacial score (nSPS) is 14.2. The smallest absolute Gasteiger partial charge is 0.278 e. The number of amides is 2. The molecule has 0 saturated carbocycles. The molecule has 0 atom stereocenters. The fraction of sp³-hybridized carbons (Fsp3) is 0.300. The third-order valence-corrected chi connectivity index (χ3v) is 5.41. The average molecular weight is 421 g/mol. The van der Waals surface area contributed by atoms with Gasteiger partial charge in [0.1, 0.15) is 11.4 Å². The molecule has 1 aliphatic rings. The summed E-state index contributed by atoms with van der Waals surface area (Å²) in [6.45, 7) is 3.32. The van der Waals surface area contributed by atoms with Crippen LogP contribution in [0.3, 0.4) is 0 Å². The molecule has 28 heavy (non-hydrogen) atoms. The molecule has 1 N–H and O–H groups in total. The molecule has 0 unspecified atom stereocenters. The predicted octanol–water partition coefficient (Wildman–Crippen LogP) is 4.03. The fourth-order valence-electron chi connectivity index (χ4n) is 2.90. The maximum absolute atomic E-state index is 13.0. The quantitative estimate of drug-likeness (QED) is 0.490. The third-order valence-electron chi connectivity index (χ3n) is 4.23. The van der Waals surface area contributed by atoms with Gasteiger partial charge in [0.2, 0.25) is 0 Å². The molecule has 148 valence electrons. The summed E-state index contributed by atoms with van der Waals surface area (Å²) in [6.07, 6.45) is 0.588. The summed E-state index contributed by atoms with van der Waals surface area (Å²) in [7, 11) is 1.53. The van der Waals surface area contributed by atoms with Crippen molar-refractivity contribution in [1.82, 2.24) is 4.90 Å². The number of rotatable bonds is 9. The number of benzene rings is 1. The zero-order valence-electron chi connectivity index (χ0n) is 15.7. The van der Waals surface area contributed by atoms with Crippen molar-refractivity contribution in [3.8, 4) is 5.75 Å². The van der Waals surface area contributed by atoms with Gasteiger partial charge in [0.05, 0.1) is 17.7 Å². The Labute approximate surface area is 172 Å². The van der Waals surface area contributed by atoms with Crippen molar-refractivity contribution >= 4 is 46.0 Å². The second-order valence-corrected chi connectivity index (χ2v) is 7.37. The van der Waals surface area contributed by atoms with Crippen molar-refractivity contribution in [2.45, 2.75) is 13.3 Å². The van der Waals surface area contributed by atoms with E-state index in [4.69, 9.17) is 21.1 Å². The molecule has 2 heterocycles. The first-order valence-corrected chi connectivity index (χ1v) is 10.1. The van der Waals surface area contributed by atoms with Crippen molar-refractivity contribution in [2.75, 3.05) is 32.2 Å². The van der Waals surface area contributed by atoms with Gasteiger partial charge in [-0.3, -0.25) is 14.5 Å². The fourth-order valence-corrected chi connectivity index (χ4v) is 3.93. The Morgan fingerprint density at radius 3 is 2.68 bits per heavy atom.